The smallest absolute Gasteiger partial charge is 0.261 e. The van der Waals surface area contributed by atoms with Crippen molar-refractivity contribution in [1.29, 1.82) is 0 Å². The number of unbranched alkanes of at least 4 members (excludes halogenated alkanes) is 1. The number of carbonyl (C=O) groups excluding carboxylic acids is 1. The summed E-state index contributed by atoms with van der Waals surface area (Å²) in [4.78, 5) is 14.6. The minimum Gasteiger partial charge on any atom is -0.339 e. The number of sulfonamides is 1. The van der Waals surface area contributed by atoms with E-state index in [0.29, 0.717) is 24.3 Å². The largest absolute Gasteiger partial charge is 0.339 e. The SMILES string of the molecule is CCCCN(CC)C(=O)c1cccc(NS(=O)(=O)c2ccc(Br)cc2)c1. The van der Waals surface area contributed by atoms with E-state index < -0.39 is 10.0 Å². The van der Waals surface area contributed by atoms with Crippen LogP contribution in [0.4, 0.5) is 5.69 Å². The molecule has 140 valence electrons. The maximum atomic E-state index is 12.7. The van der Waals surface area contributed by atoms with E-state index in [1.807, 2.05) is 6.92 Å². The van der Waals surface area contributed by atoms with Crippen molar-refractivity contribution in [3.63, 3.8) is 0 Å². The van der Waals surface area contributed by atoms with Crippen molar-refractivity contribution in [3.05, 3.63) is 58.6 Å². The van der Waals surface area contributed by atoms with Gasteiger partial charge in [-0.25, -0.2) is 8.42 Å². The Balaban J connectivity index is 2.20. The molecule has 0 unspecified atom stereocenters. The van der Waals surface area contributed by atoms with Gasteiger partial charge in [-0.05, 0) is 55.8 Å². The molecule has 0 aliphatic rings. The molecule has 2 aromatic carbocycles. The first-order valence-electron chi connectivity index (χ1n) is 8.55. The molecule has 0 heterocycles. The van der Waals surface area contributed by atoms with E-state index >= 15 is 0 Å². The van der Waals surface area contributed by atoms with E-state index in [4.69, 9.17) is 0 Å². The Labute approximate surface area is 163 Å². The minimum absolute atomic E-state index is 0.0920. The molecule has 0 saturated heterocycles. The topological polar surface area (TPSA) is 66.5 Å². The summed E-state index contributed by atoms with van der Waals surface area (Å²) in [7, 11) is -3.71. The summed E-state index contributed by atoms with van der Waals surface area (Å²) in [6.45, 7) is 5.33. The van der Waals surface area contributed by atoms with Crippen LogP contribution in [0.15, 0.2) is 57.9 Å². The van der Waals surface area contributed by atoms with Crippen LogP contribution in [0.1, 0.15) is 37.0 Å². The minimum atomic E-state index is -3.71. The van der Waals surface area contributed by atoms with E-state index in [0.717, 1.165) is 17.3 Å². The zero-order valence-corrected chi connectivity index (χ0v) is 17.3. The molecular formula is C19H23BrN2O3S. The monoisotopic (exact) mass is 438 g/mol. The normalized spacial score (nSPS) is 11.2. The van der Waals surface area contributed by atoms with Gasteiger partial charge >= 0.3 is 0 Å². The fourth-order valence-electron chi connectivity index (χ4n) is 2.48. The Hall–Kier alpha value is -1.86. The third-order valence-electron chi connectivity index (χ3n) is 3.94. The number of hydrogen-bond donors (Lipinski definition) is 1. The first-order chi connectivity index (χ1) is 12.4. The van der Waals surface area contributed by atoms with Crippen molar-refractivity contribution >= 4 is 37.5 Å². The molecule has 5 nitrogen and oxygen atoms in total. The van der Waals surface area contributed by atoms with Crippen LogP contribution in [0, 0.1) is 0 Å². The van der Waals surface area contributed by atoms with Crippen molar-refractivity contribution in [2.24, 2.45) is 0 Å². The zero-order valence-electron chi connectivity index (χ0n) is 14.9. The Morgan fingerprint density at radius 2 is 1.81 bits per heavy atom. The Morgan fingerprint density at radius 1 is 1.12 bits per heavy atom. The highest BCUT2D eigenvalue weighted by Gasteiger charge is 2.17. The number of halogens is 1. The van der Waals surface area contributed by atoms with E-state index in [9.17, 15) is 13.2 Å². The molecule has 7 heteroatoms. The first-order valence-corrected chi connectivity index (χ1v) is 10.8. The number of benzene rings is 2. The molecule has 0 bridgehead atoms. The molecule has 0 spiro atoms. The van der Waals surface area contributed by atoms with Crippen LogP contribution in [0.2, 0.25) is 0 Å². The maximum Gasteiger partial charge on any atom is 0.261 e. The molecule has 2 rings (SSSR count). The van der Waals surface area contributed by atoms with Crippen LogP contribution < -0.4 is 4.72 Å². The van der Waals surface area contributed by atoms with Crippen LogP contribution in [0.3, 0.4) is 0 Å². The van der Waals surface area contributed by atoms with Crippen LogP contribution in [0.5, 0.6) is 0 Å². The summed E-state index contributed by atoms with van der Waals surface area (Å²) in [6.07, 6.45) is 1.95. The molecule has 1 amide bonds. The average Bonchev–Trinajstić information content (AvgIpc) is 2.62. The standard InChI is InChI=1S/C19H23BrN2O3S/c1-3-5-13-22(4-2)19(23)15-7-6-8-17(14-15)21-26(24,25)18-11-9-16(20)10-12-18/h6-12,14,21H,3-5,13H2,1-2H3. The highest BCUT2D eigenvalue weighted by Crippen LogP contribution is 2.20. The lowest BCUT2D eigenvalue weighted by molar-refractivity contribution is 0.0762. The van der Waals surface area contributed by atoms with Gasteiger partial charge in [0.1, 0.15) is 0 Å². The van der Waals surface area contributed by atoms with Crippen LogP contribution in [-0.2, 0) is 10.0 Å². The lowest BCUT2D eigenvalue weighted by atomic mass is 10.1. The van der Waals surface area contributed by atoms with E-state index in [2.05, 4.69) is 27.6 Å². The average molecular weight is 439 g/mol. The van der Waals surface area contributed by atoms with Gasteiger partial charge < -0.3 is 4.90 Å². The summed E-state index contributed by atoms with van der Waals surface area (Å²) in [5, 5.41) is 0. The van der Waals surface area contributed by atoms with Crippen molar-refractivity contribution in [2.45, 2.75) is 31.6 Å². The molecule has 0 saturated carbocycles. The highest BCUT2D eigenvalue weighted by molar-refractivity contribution is 9.10. The van der Waals surface area contributed by atoms with Crippen molar-refractivity contribution in [1.82, 2.24) is 4.90 Å². The molecule has 0 aliphatic heterocycles. The molecule has 1 N–H and O–H groups in total. The van der Waals surface area contributed by atoms with Crippen molar-refractivity contribution in [2.75, 3.05) is 17.8 Å². The molecule has 2 aromatic rings. The second-order valence-electron chi connectivity index (χ2n) is 5.88. The van der Waals surface area contributed by atoms with Gasteiger partial charge in [-0.3, -0.25) is 9.52 Å². The molecule has 0 aromatic heterocycles. The number of carbonyl (C=O) groups is 1. The third kappa shape index (κ3) is 5.32. The van der Waals surface area contributed by atoms with Gasteiger partial charge in [0, 0.05) is 28.8 Å². The van der Waals surface area contributed by atoms with Gasteiger partial charge in [0.05, 0.1) is 4.90 Å². The predicted molar refractivity (Wildman–Crippen MR) is 108 cm³/mol. The van der Waals surface area contributed by atoms with Gasteiger partial charge in [0.25, 0.3) is 15.9 Å². The fourth-order valence-corrected chi connectivity index (χ4v) is 3.79. The third-order valence-corrected chi connectivity index (χ3v) is 5.86. The lowest BCUT2D eigenvalue weighted by Gasteiger charge is -2.21. The Kier molecular flexibility index (Phi) is 7.23. The quantitative estimate of drug-likeness (QED) is 0.658. The van der Waals surface area contributed by atoms with Gasteiger partial charge in [-0.15, -0.1) is 0 Å². The first kappa shape index (κ1) is 20.5. The Morgan fingerprint density at radius 3 is 2.42 bits per heavy atom. The van der Waals surface area contributed by atoms with Gasteiger partial charge in [0.2, 0.25) is 0 Å². The lowest BCUT2D eigenvalue weighted by Crippen LogP contribution is -2.31. The maximum absolute atomic E-state index is 12.7. The van der Waals surface area contributed by atoms with Gasteiger partial charge in [-0.2, -0.15) is 0 Å². The van der Waals surface area contributed by atoms with E-state index in [-0.39, 0.29) is 10.8 Å². The number of rotatable bonds is 8. The molecule has 26 heavy (non-hydrogen) atoms. The molecule has 0 radical (unpaired) electrons. The van der Waals surface area contributed by atoms with E-state index in [1.54, 1.807) is 41.3 Å². The summed E-state index contributed by atoms with van der Waals surface area (Å²) in [6, 6.07) is 13.0. The summed E-state index contributed by atoms with van der Waals surface area (Å²) < 4.78 is 28.3. The summed E-state index contributed by atoms with van der Waals surface area (Å²) in [5.74, 6) is -0.0920. The zero-order chi connectivity index (χ0) is 19.2. The van der Waals surface area contributed by atoms with Crippen molar-refractivity contribution in [3.8, 4) is 0 Å². The Bertz CT molecular complexity index is 851. The second kappa shape index (κ2) is 9.19. The number of anilines is 1. The van der Waals surface area contributed by atoms with Crippen LogP contribution >= 0.6 is 15.9 Å². The molecule has 0 fully saturated rings. The van der Waals surface area contributed by atoms with Crippen molar-refractivity contribution < 1.29 is 13.2 Å². The van der Waals surface area contributed by atoms with Crippen LogP contribution in [0.25, 0.3) is 0 Å². The van der Waals surface area contributed by atoms with Crippen LogP contribution in [-0.4, -0.2) is 32.3 Å². The predicted octanol–water partition coefficient (Wildman–Crippen LogP) is 4.51. The fraction of sp³-hybridized carbons (Fsp3) is 0.316. The molecular weight excluding hydrogens is 416 g/mol. The number of amides is 1. The molecule has 0 aliphatic carbocycles. The second-order valence-corrected chi connectivity index (χ2v) is 8.48. The number of nitrogens with one attached hydrogen (secondary N) is 1. The number of hydrogen-bond acceptors (Lipinski definition) is 3. The molecule has 0 atom stereocenters. The van der Waals surface area contributed by atoms with Gasteiger partial charge in [0.15, 0.2) is 0 Å². The van der Waals surface area contributed by atoms with E-state index in [1.165, 1.54) is 12.1 Å². The number of nitrogens with zero attached hydrogens (tertiary/aromatic N) is 1. The summed E-state index contributed by atoms with van der Waals surface area (Å²) in [5.41, 5.74) is 0.837. The van der Waals surface area contributed by atoms with Gasteiger partial charge in [-0.1, -0.05) is 35.3 Å². The highest BCUT2D eigenvalue weighted by atomic mass is 79.9. The summed E-state index contributed by atoms with van der Waals surface area (Å²) >= 11 is 3.29.